The van der Waals surface area contributed by atoms with Crippen molar-refractivity contribution in [2.45, 2.75) is 88.1 Å². The maximum atomic E-state index is 12.8. The van der Waals surface area contributed by atoms with Crippen molar-refractivity contribution < 1.29 is 19.2 Å². The van der Waals surface area contributed by atoms with Gasteiger partial charge >= 0.3 is 0 Å². The summed E-state index contributed by atoms with van der Waals surface area (Å²) in [6.07, 6.45) is 8.20. The number of Topliss-reactive ketones (excluding diaryl/α,β-unsaturated/α-hetero) is 2. The largest absolute Gasteiger partial charge is 0.369 e. The van der Waals surface area contributed by atoms with Crippen LogP contribution in [0, 0.1) is 11.8 Å². The topological polar surface area (TPSA) is 170 Å². The lowest BCUT2D eigenvalue weighted by atomic mass is 9.76. The van der Waals surface area contributed by atoms with Crippen molar-refractivity contribution in [3.63, 3.8) is 0 Å². The van der Waals surface area contributed by atoms with Crippen molar-refractivity contribution in [1.82, 2.24) is 10.6 Å². The number of hydrogen-bond donors (Lipinski definition) is 5. The Morgan fingerprint density at radius 3 is 1.59 bits per heavy atom. The second kappa shape index (κ2) is 11.9. The van der Waals surface area contributed by atoms with Crippen LogP contribution in [0.3, 0.4) is 0 Å². The minimum Gasteiger partial charge on any atom is -0.369 e. The Morgan fingerprint density at radius 1 is 0.750 bits per heavy atom. The zero-order valence-corrected chi connectivity index (χ0v) is 19.4. The summed E-state index contributed by atoms with van der Waals surface area (Å²) in [4.78, 5) is 50.4. The van der Waals surface area contributed by atoms with E-state index in [1.54, 1.807) is 7.05 Å². The third-order valence-corrected chi connectivity index (χ3v) is 7.21. The first-order valence-electron chi connectivity index (χ1n) is 12.0. The molecule has 2 unspecified atom stereocenters. The van der Waals surface area contributed by atoms with Gasteiger partial charge < -0.3 is 27.8 Å². The molecule has 9 nitrogen and oxygen atoms in total. The van der Waals surface area contributed by atoms with E-state index in [4.69, 9.17) is 17.2 Å². The van der Waals surface area contributed by atoms with Crippen molar-refractivity contribution in [3.05, 3.63) is 0 Å². The van der Waals surface area contributed by atoms with Crippen molar-refractivity contribution in [2.24, 2.45) is 29.0 Å². The Bertz CT molecular complexity index is 684. The molecule has 0 heterocycles. The molecule has 2 aliphatic carbocycles. The third-order valence-electron chi connectivity index (χ3n) is 7.21. The summed E-state index contributed by atoms with van der Waals surface area (Å²) >= 11 is 0. The van der Waals surface area contributed by atoms with Gasteiger partial charge in [-0.2, -0.15) is 0 Å². The number of amides is 2. The normalized spacial score (nSPS) is 21.8. The molecule has 0 spiro atoms. The van der Waals surface area contributed by atoms with Crippen LogP contribution in [0.25, 0.3) is 0 Å². The molecule has 9 heteroatoms. The summed E-state index contributed by atoms with van der Waals surface area (Å²) in [5.74, 6) is -2.73. The Labute approximate surface area is 191 Å². The van der Waals surface area contributed by atoms with Gasteiger partial charge in [0.15, 0.2) is 11.6 Å². The van der Waals surface area contributed by atoms with Gasteiger partial charge in [-0.05, 0) is 32.7 Å². The predicted octanol–water partition coefficient (Wildman–Crippen LogP) is 0.281. The van der Waals surface area contributed by atoms with Gasteiger partial charge in [0, 0.05) is 25.9 Å². The Morgan fingerprint density at radius 2 is 1.19 bits per heavy atom. The van der Waals surface area contributed by atoms with Crippen molar-refractivity contribution in [3.8, 4) is 0 Å². The fourth-order valence-electron chi connectivity index (χ4n) is 4.92. The van der Waals surface area contributed by atoms with E-state index in [9.17, 15) is 19.2 Å². The smallest absolute Gasteiger partial charge is 0.224 e. The lowest BCUT2D eigenvalue weighted by Crippen LogP contribution is -2.52. The molecule has 2 rings (SSSR count). The molecule has 182 valence electrons. The molecule has 0 aromatic rings. The predicted molar refractivity (Wildman–Crippen MR) is 122 cm³/mol. The molecule has 0 aliphatic heterocycles. The fourth-order valence-corrected chi connectivity index (χ4v) is 4.92. The summed E-state index contributed by atoms with van der Waals surface area (Å²) in [6.45, 7) is 0.248. The summed E-state index contributed by atoms with van der Waals surface area (Å²) in [6, 6.07) is 0. The molecule has 2 aliphatic rings. The molecule has 32 heavy (non-hydrogen) atoms. The van der Waals surface area contributed by atoms with Gasteiger partial charge in [0.05, 0.1) is 22.9 Å². The SMILES string of the molecule is CNCC(CC(=O)C1(N)CCCCC1)C(=O)NCC(CC(=O)C1(N)CCCCC1)C(N)=O. The first-order valence-corrected chi connectivity index (χ1v) is 12.0. The van der Waals surface area contributed by atoms with E-state index < -0.39 is 28.8 Å². The van der Waals surface area contributed by atoms with E-state index >= 15 is 0 Å². The maximum absolute atomic E-state index is 12.8. The molecule has 0 aromatic heterocycles. The number of primary amides is 1. The first-order chi connectivity index (χ1) is 15.1. The highest BCUT2D eigenvalue weighted by Gasteiger charge is 2.38. The standard InChI is InChI=1S/C23H41N5O4/c1-27-14-17(13-19(30)23(26)10-6-3-7-11-23)21(32)28-15-16(20(24)31)12-18(29)22(25)8-4-2-5-9-22/h16-17,27H,2-15,25-26H2,1H3,(H2,24,31)(H,28,32). The molecule has 8 N–H and O–H groups in total. The summed E-state index contributed by atoms with van der Waals surface area (Å²) in [7, 11) is 1.71. The second-order valence-corrected chi connectivity index (χ2v) is 9.79. The van der Waals surface area contributed by atoms with E-state index in [-0.39, 0.29) is 36.9 Å². The lowest BCUT2D eigenvalue weighted by Gasteiger charge is -2.33. The van der Waals surface area contributed by atoms with Crippen LogP contribution in [-0.4, -0.2) is 54.6 Å². The minimum absolute atomic E-state index is 0.0370. The molecule has 0 saturated heterocycles. The zero-order valence-electron chi connectivity index (χ0n) is 19.4. The van der Waals surface area contributed by atoms with Crippen LogP contribution >= 0.6 is 0 Å². The molecule has 2 fully saturated rings. The van der Waals surface area contributed by atoms with Crippen molar-refractivity contribution >= 4 is 23.4 Å². The monoisotopic (exact) mass is 451 g/mol. The number of rotatable bonds is 12. The zero-order chi connectivity index (χ0) is 23.8. The number of nitrogens with one attached hydrogen (secondary N) is 2. The van der Waals surface area contributed by atoms with E-state index in [0.717, 1.165) is 38.5 Å². The first kappa shape index (κ1) is 26.4. The van der Waals surface area contributed by atoms with Crippen LogP contribution < -0.4 is 27.8 Å². The highest BCUT2D eigenvalue weighted by atomic mass is 16.2. The van der Waals surface area contributed by atoms with Crippen LogP contribution in [-0.2, 0) is 19.2 Å². The van der Waals surface area contributed by atoms with Gasteiger partial charge in [-0.25, -0.2) is 0 Å². The average molecular weight is 452 g/mol. The van der Waals surface area contributed by atoms with Crippen molar-refractivity contribution in [2.75, 3.05) is 20.1 Å². The highest BCUT2D eigenvalue weighted by Crippen LogP contribution is 2.30. The van der Waals surface area contributed by atoms with Gasteiger partial charge in [-0.15, -0.1) is 0 Å². The molecular formula is C23H41N5O4. The van der Waals surface area contributed by atoms with Gasteiger partial charge in [0.1, 0.15) is 0 Å². The summed E-state index contributed by atoms with van der Waals surface area (Å²) in [5, 5.41) is 5.67. The van der Waals surface area contributed by atoms with Crippen LogP contribution in [0.2, 0.25) is 0 Å². The summed E-state index contributed by atoms with van der Waals surface area (Å²) in [5.41, 5.74) is 16.4. The Hall–Kier alpha value is -1.84. The number of carbonyl (C=O) groups is 4. The highest BCUT2D eigenvalue weighted by molar-refractivity contribution is 5.94. The van der Waals surface area contributed by atoms with Gasteiger partial charge in [-0.3, -0.25) is 19.2 Å². The van der Waals surface area contributed by atoms with Gasteiger partial charge in [-0.1, -0.05) is 38.5 Å². The van der Waals surface area contributed by atoms with E-state index in [2.05, 4.69) is 10.6 Å². The number of ketones is 2. The van der Waals surface area contributed by atoms with E-state index in [1.165, 1.54) is 0 Å². The average Bonchev–Trinajstić information content (AvgIpc) is 2.76. The minimum atomic E-state index is -0.910. The van der Waals surface area contributed by atoms with E-state index in [1.807, 2.05) is 0 Å². The molecule has 0 radical (unpaired) electrons. The van der Waals surface area contributed by atoms with Crippen LogP contribution in [0.4, 0.5) is 0 Å². The summed E-state index contributed by atoms with van der Waals surface area (Å²) < 4.78 is 0. The van der Waals surface area contributed by atoms with Crippen molar-refractivity contribution in [1.29, 1.82) is 0 Å². The lowest BCUT2D eigenvalue weighted by molar-refractivity contribution is -0.133. The van der Waals surface area contributed by atoms with Gasteiger partial charge in [0.25, 0.3) is 0 Å². The Balaban J connectivity index is 1.94. The number of nitrogens with two attached hydrogens (primary N) is 3. The molecule has 0 aromatic carbocycles. The maximum Gasteiger partial charge on any atom is 0.224 e. The van der Waals surface area contributed by atoms with Crippen LogP contribution in [0.15, 0.2) is 0 Å². The molecule has 0 bridgehead atoms. The fraction of sp³-hybridized carbons (Fsp3) is 0.826. The van der Waals surface area contributed by atoms with E-state index in [0.29, 0.717) is 32.2 Å². The number of carbonyl (C=O) groups excluding carboxylic acids is 4. The van der Waals surface area contributed by atoms with Gasteiger partial charge in [0.2, 0.25) is 11.8 Å². The molecule has 2 saturated carbocycles. The van der Waals surface area contributed by atoms with Crippen LogP contribution in [0.5, 0.6) is 0 Å². The second-order valence-electron chi connectivity index (χ2n) is 9.79. The van der Waals surface area contributed by atoms with Crippen LogP contribution in [0.1, 0.15) is 77.0 Å². The quantitative estimate of drug-likeness (QED) is 0.284. The number of hydrogen-bond acceptors (Lipinski definition) is 7. The Kier molecular flexibility index (Phi) is 9.79. The molecular weight excluding hydrogens is 410 g/mol. The molecule has 2 atom stereocenters. The molecule has 2 amide bonds. The third kappa shape index (κ3) is 7.08.